The molecule has 1 atom stereocenters. The second-order valence-corrected chi connectivity index (χ2v) is 6.60. The first-order valence-electron chi connectivity index (χ1n) is 8.07. The first-order valence-corrected chi connectivity index (χ1v) is 8.45. The van der Waals surface area contributed by atoms with Gasteiger partial charge in [0.1, 0.15) is 5.82 Å². The number of hydrogen-bond acceptors (Lipinski definition) is 3. The molecule has 0 amide bonds. The summed E-state index contributed by atoms with van der Waals surface area (Å²) in [5.41, 5.74) is 2.96. The lowest BCUT2D eigenvalue weighted by Gasteiger charge is -2.23. The van der Waals surface area contributed by atoms with E-state index in [-0.39, 0.29) is 12.6 Å². The topological polar surface area (TPSA) is 58.4 Å². The van der Waals surface area contributed by atoms with Gasteiger partial charge in [-0.15, -0.1) is 0 Å². The van der Waals surface area contributed by atoms with Crippen molar-refractivity contribution in [2.45, 2.75) is 19.5 Å². The van der Waals surface area contributed by atoms with Crippen LogP contribution in [0.5, 0.6) is 0 Å². The summed E-state index contributed by atoms with van der Waals surface area (Å²) in [6.07, 6.45) is 0. The molecule has 130 valence electrons. The molecule has 25 heavy (non-hydrogen) atoms. The number of aliphatic carboxylic acids is 1. The summed E-state index contributed by atoms with van der Waals surface area (Å²) in [5.74, 6) is -0.0343. The third kappa shape index (κ3) is 3.83. The molecule has 0 radical (unpaired) electrons. The van der Waals surface area contributed by atoms with Crippen molar-refractivity contribution in [1.29, 1.82) is 0 Å². The van der Waals surface area contributed by atoms with Crippen LogP contribution in [0.4, 0.5) is 0 Å². The van der Waals surface area contributed by atoms with Crippen molar-refractivity contribution in [3.8, 4) is 0 Å². The highest BCUT2D eigenvalue weighted by molar-refractivity contribution is 6.31. The van der Waals surface area contributed by atoms with Crippen molar-refractivity contribution in [3.63, 3.8) is 0 Å². The zero-order valence-electron chi connectivity index (χ0n) is 14.2. The average molecular weight is 358 g/mol. The van der Waals surface area contributed by atoms with Crippen LogP contribution in [0.3, 0.4) is 0 Å². The van der Waals surface area contributed by atoms with E-state index in [1.165, 1.54) is 0 Å². The second kappa shape index (κ2) is 7.25. The fraction of sp³-hybridized carbons (Fsp3) is 0.263. The van der Waals surface area contributed by atoms with Crippen molar-refractivity contribution in [3.05, 3.63) is 64.9 Å². The Labute approximate surface area is 151 Å². The van der Waals surface area contributed by atoms with E-state index in [4.69, 9.17) is 21.7 Å². The molecule has 1 aromatic heterocycles. The van der Waals surface area contributed by atoms with E-state index < -0.39 is 5.97 Å². The minimum Gasteiger partial charge on any atom is -0.480 e. The van der Waals surface area contributed by atoms with Crippen molar-refractivity contribution < 1.29 is 9.90 Å². The normalized spacial score (nSPS) is 12.6. The van der Waals surface area contributed by atoms with Crippen molar-refractivity contribution in [1.82, 2.24) is 14.5 Å². The zero-order chi connectivity index (χ0) is 18.0. The molecule has 1 unspecified atom stereocenters. The van der Waals surface area contributed by atoms with Crippen molar-refractivity contribution >= 4 is 28.6 Å². The molecule has 0 saturated carbocycles. The van der Waals surface area contributed by atoms with E-state index in [0.717, 1.165) is 22.4 Å². The molecule has 5 nitrogen and oxygen atoms in total. The van der Waals surface area contributed by atoms with Crippen LogP contribution in [0.25, 0.3) is 11.0 Å². The molecule has 0 spiro atoms. The van der Waals surface area contributed by atoms with Crippen LogP contribution >= 0.6 is 11.6 Å². The van der Waals surface area contributed by atoms with Gasteiger partial charge >= 0.3 is 5.97 Å². The predicted molar refractivity (Wildman–Crippen MR) is 99.0 cm³/mol. The van der Waals surface area contributed by atoms with Crippen molar-refractivity contribution in [2.24, 2.45) is 0 Å². The Balaban J connectivity index is 2.06. The number of carbonyl (C=O) groups is 1. The number of benzene rings is 2. The first-order chi connectivity index (χ1) is 12.0. The fourth-order valence-corrected chi connectivity index (χ4v) is 3.09. The van der Waals surface area contributed by atoms with Crippen molar-refractivity contribution in [2.75, 3.05) is 13.6 Å². The molecule has 1 heterocycles. The van der Waals surface area contributed by atoms with E-state index in [0.29, 0.717) is 11.6 Å². The number of halogens is 1. The van der Waals surface area contributed by atoms with E-state index in [9.17, 15) is 4.79 Å². The number of carboxylic acid groups (broad SMARTS) is 1. The fourth-order valence-electron chi connectivity index (χ4n) is 2.92. The monoisotopic (exact) mass is 357 g/mol. The third-order valence-corrected chi connectivity index (χ3v) is 4.58. The molecular weight excluding hydrogens is 338 g/mol. The second-order valence-electron chi connectivity index (χ2n) is 6.16. The molecular formula is C19H20ClN3O2. The molecule has 6 heteroatoms. The number of likely N-dealkylation sites (N-methyl/N-ethyl adjacent to an activating group) is 1. The Morgan fingerprint density at radius 2 is 2.00 bits per heavy atom. The van der Waals surface area contributed by atoms with Gasteiger partial charge in [0.05, 0.1) is 23.6 Å². The summed E-state index contributed by atoms with van der Waals surface area (Å²) in [4.78, 5) is 17.6. The SMILES string of the molecule is CC(c1nc2cc(Cl)ccc2n1Cc1ccccc1)N(C)CC(=O)O. The smallest absolute Gasteiger partial charge is 0.317 e. The summed E-state index contributed by atoms with van der Waals surface area (Å²) in [5, 5.41) is 9.71. The molecule has 3 rings (SSSR count). The summed E-state index contributed by atoms with van der Waals surface area (Å²) < 4.78 is 2.13. The zero-order valence-corrected chi connectivity index (χ0v) is 14.9. The van der Waals surface area contributed by atoms with Gasteiger partial charge in [-0.05, 0) is 37.7 Å². The van der Waals surface area contributed by atoms with Gasteiger partial charge in [-0.2, -0.15) is 0 Å². The molecule has 0 aliphatic carbocycles. The molecule has 1 N–H and O–H groups in total. The van der Waals surface area contributed by atoms with E-state index in [1.54, 1.807) is 11.9 Å². The molecule has 0 fully saturated rings. The quantitative estimate of drug-likeness (QED) is 0.728. The molecule has 3 aromatic rings. The summed E-state index contributed by atoms with van der Waals surface area (Å²) in [7, 11) is 1.79. The molecule has 0 aliphatic heterocycles. The average Bonchev–Trinajstić information content (AvgIpc) is 2.92. The highest BCUT2D eigenvalue weighted by atomic mass is 35.5. The maximum atomic E-state index is 11.1. The highest BCUT2D eigenvalue weighted by Crippen LogP contribution is 2.27. The predicted octanol–water partition coefficient (Wildman–Crippen LogP) is 3.82. The van der Waals surface area contributed by atoms with Gasteiger partial charge in [-0.25, -0.2) is 4.98 Å². The number of nitrogens with zero attached hydrogens (tertiary/aromatic N) is 3. The van der Waals surface area contributed by atoms with Gasteiger partial charge < -0.3 is 9.67 Å². The number of rotatable bonds is 6. The Morgan fingerprint density at radius 3 is 2.68 bits per heavy atom. The minimum atomic E-state index is -0.858. The standard InChI is InChI=1S/C19H20ClN3O2/c1-13(22(2)12-18(24)25)19-21-16-10-15(20)8-9-17(16)23(19)11-14-6-4-3-5-7-14/h3-10,13H,11-12H2,1-2H3,(H,24,25). The number of aromatic nitrogens is 2. The summed E-state index contributed by atoms with van der Waals surface area (Å²) in [6.45, 7) is 2.59. The third-order valence-electron chi connectivity index (χ3n) is 4.34. The molecule has 0 aliphatic rings. The Hall–Kier alpha value is -2.37. The first kappa shape index (κ1) is 17.5. The van der Waals surface area contributed by atoms with Gasteiger partial charge in [0.15, 0.2) is 0 Å². The van der Waals surface area contributed by atoms with E-state index in [2.05, 4.69) is 16.7 Å². The highest BCUT2D eigenvalue weighted by Gasteiger charge is 2.21. The maximum absolute atomic E-state index is 11.1. The summed E-state index contributed by atoms with van der Waals surface area (Å²) >= 11 is 6.11. The van der Waals surface area contributed by atoms with Crippen LogP contribution in [0, 0.1) is 0 Å². The molecule has 0 bridgehead atoms. The Kier molecular flexibility index (Phi) is 5.06. The molecule has 0 saturated heterocycles. The number of imidazole rings is 1. The van der Waals surface area contributed by atoms with Gasteiger partial charge in [0.25, 0.3) is 0 Å². The van der Waals surface area contributed by atoms with Crippen LogP contribution in [0.15, 0.2) is 48.5 Å². The van der Waals surface area contributed by atoms with Crippen LogP contribution in [0.2, 0.25) is 5.02 Å². The van der Waals surface area contributed by atoms with Crippen LogP contribution in [-0.2, 0) is 11.3 Å². The van der Waals surface area contributed by atoms with E-state index >= 15 is 0 Å². The van der Waals surface area contributed by atoms with Gasteiger partial charge in [0.2, 0.25) is 0 Å². The Bertz CT molecular complexity index is 892. The lowest BCUT2D eigenvalue weighted by atomic mass is 10.2. The minimum absolute atomic E-state index is 0.0452. The lowest BCUT2D eigenvalue weighted by Crippen LogP contribution is -2.30. The number of carboxylic acids is 1. The lowest BCUT2D eigenvalue weighted by molar-refractivity contribution is -0.138. The molecule has 2 aromatic carbocycles. The largest absolute Gasteiger partial charge is 0.480 e. The number of hydrogen-bond donors (Lipinski definition) is 1. The van der Waals surface area contributed by atoms with Gasteiger partial charge in [-0.3, -0.25) is 9.69 Å². The van der Waals surface area contributed by atoms with E-state index in [1.807, 2.05) is 43.3 Å². The van der Waals surface area contributed by atoms with Gasteiger partial charge in [0, 0.05) is 11.6 Å². The maximum Gasteiger partial charge on any atom is 0.317 e. The van der Waals surface area contributed by atoms with Crippen LogP contribution in [-0.4, -0.2) is 39.1 Å². The van der Waals surface area contributed by atoms with Crippen LogP contribution in [0.1, 0.15) is 24.4 Å². The Morgan fingerprint density at radius 1 is 1.28 bits per heavy atom. The summed E-state index contributed by atoms with van der Waals surface area (Å²) in [6, 6.07) is 15.6. The van der Waals surface area contributed by atoms with Gasteiger partial charge in [-0.1, -0.05) is 41.9 Å². The van der Waals surface area contributed by atoms with Crippen LogP contribution < -0.4 is 0 Å². The number of fused-ring (bicyclic) bond motifs is 1.